The molecule has 15 heavy (non-hydrogen) atoms. The number of hydrogen-bond donors (Lipinski definition) is 0. The van der Waals surface area contributed by atoms with Gasteiger partial charge in [-0.15, -0.1) is 0 Å². The quantitative estimate of drug-likeness (QED) is 0.721. The molecule has 0 radical (unpaired) electrons. The van der Waals surface area contributed by atoms with Gasteiger partial charge in [0, 0.05) is 6.42 Å². The number of Topliss-reactive ketones (excluding diaryl/α,β-unsaturated/α-hetero) is 1. The lowest BCUT2D eigenvalue weighted by Gasteiger charge is -1.97. The third kappa shape index (κ3) is 2.28. The minimum atomic E-state index is -0.449. The summed E-state index contributed by atoms with van der Waals surface area (Å²) in [6, 6.07) is 4.30. The molecule has 2 rings (SSSR count). The van der Waals surface area contributed by atoms with E-state index in [2.05, 4.69) is 4.98 Å². The van der Waals surface area contributed by atoms with Gasteiger partial charge < -0.3 is 4.42 Å². The van der Waals surface area contributed by atoms with Crippen molar-refractivity contribution in [2.75, 3.05) is 0 Å². The number of furan rings is 1. The molecule has 0 N–H and O–H groups in total. The maximum atomic E-state index is 12.5. The van der Waals surface area contributed by atoms with Crippen LogP contribution in [0.5, 0.6) is 0 Å². The van der Waals surface area contributed by atoms with E-state index in [9.17, 15) is 9.18 Å². The summed E-state index contributed by atoms with van der Waals surface area (Å²) < 4.78 is 17.4. The zero-order valence-corrected chi connectivity index (χ0v) is 7.81. The zero-order valence-electron chi connectivity index (χ0n) is 7.81. The number of nitrogens with zero attached hydrogens (tertiary/aromatic N) is 1. The van der Waals surface area contributed by atoms with E-state index in [1.807, 2.05) is 0 Å². The molecule has 0 aliphatic rings. The SMILES string of the molecule is O=C(Cc1ccoc1)c1ccc(F)cn1. The predicted octanol–water partition coefficient (Wildman–Crippen LogP) is 2.24. The summed E-state index contributed by atoms with van der Waals surface area (Å²) in [4.78, 5) is 15.3. The Morgan fingerprint density at radius 3 is 2.87 bits per heavy atom. The smallest absolute Gasteiger partial charge is 0.185 e. The van der Waals surface area contributed by atoms with Crippen LogP contribution in [0, 0.1) is 5.82 Å². The number of rotatable bonds is 3. The summed E-state index contributed by atoms with van der Waals surface area (Å²) in [5.41, 5.74) is 1.05. The molecule has 0 aliphatic heterocycles. The zero-order chi connectivity index (χ0) is 10.7. The first kappa shape index (κ1) is 9.58. The van der Waals surface area contributed by atoms with E-state index in [4.69, 9.17) is 4.42 Å². The van der Waals surface area contributed by atoms with E-state index in [0.29, 0.717) is 0 Å². The molecular formula is C11H8FNO2. The van der Waals surface area contributed by atoms with Gasteiger partial charge in [-0.3, -0.25) is 9.78 Å². The van der Waals surface area contributed by atoms with E-state index >= 15 is 0 Å². The molecule has 0 bridgehead atoms. The largest absolute Gasteiger partial charge is 0.472 e. The molecule has 0 saturated carbocycles. The Morgan fingerprint density at radius 1 is 1.40 bits per heavy atom. The molecule has 2 heterocycles. The van der Waals surface area contributed by atoms with Crippen LogP contribution in [0.25, 0.3) is 0 Å². The van der Waals surface area contributed by atoms with Crippen molar-refractivity contribution in [3.63, 3.8) is 0 Å². The summed E-state index contributed by atoms with van der Waals surface area (Å²) in [5.74, 6) is -0.605. The number of carbonyl (C=O) groups excluding carboxylic acids is 1. The van der Waals surface area contributed by atoms with Crippen molar-refractivity contribution in [1.82, 2.24) is 4.98 Å². The van der Waals surface area contributed by atoms with E-state index in [1.54, 1.807) is 6.07 Å². The molecule has 0 saturated heterocycles. The van der Waals surface area contributed by atoms with Crippen LogP contribution in [0.15, 0.2) is 41.3 Å². The molecule has 3 nitrogen and oxygen atoms in total. The summed E-state index contributed by atoms with van der Waals surface area (Å²) in [6.07, 6.45) is 4.25. The average Bonchev–Trinajstić information content (AvgIpc) is 2.71. The fourth-order valence-electron chi connectivity index (χ4n) is 1.21. The maximum absolute atomic E-state index is 12.5. The molecule has 0 amide bonds. The van der Waals surface area contributed by atoms with E-state index in [-0.39, 0.29) is 17.9 Å². The maximum Gasteiger partial charge on any atom is 0.185 e. The first-order chi connectivity index (χ1) is 7.25. The number of hydrogen-bond acceptors (Lipinski definition) is 3. The lowest BCUT2D eigenvalue weighted by Crippen LogP contribution is -2.05. The second-order valence-corrected chi connectivity index (χ2v) is 3.09. The first-order valence-electron chi connectivity index (χ1n) is 4.41. The monoisotopic (exact) mass is 205 g/mol. The predicted molar refractivity (Wildman–Crippen MR) is 50.9 cm³/mol. The summed E-state index contributed by atoms with van der Waals surface area (Å²) >= 11 is 0. The molecule has 0 aromatic carbocycles. The third-order valence-electron chi connectivity index (χ3n) is 1.96. The van der Waals surface area contributed by atoms with Crippen molar-refractivity contribution in [1.29, 1.82) is 0 Å². The summed E-state index contributed by atoms with van der Waals surface area (Å²) in [7, 11) is 0. The molecule has 0 atom stereocenters. The van der Waals surface area contributed by atoms with Gasteiger partial charge >= 0.3 is 0 Å². The van der Waals surface area contributed by atoms with Gasteiger partial charge in [-0.25, -0.2) is 4.39 Å². The van der Waals surface area contributed by atoms with Gasteiger partial charge in [-0.05, 0) is 23.8 Å². The van der Waals surface area contributed by atoms with E-state index in [1.165, 1.54) is 24.7 Å². The standard InChI is InChI=1S/C11H8FNO2/c12-9-1-2-10(13-6-9)11(14)5-8-3-4-15-7-8/h1-4,6-7H,5H2. The Kier molecular flexibility index (Phi) is 2.58. The van der Waals surface area contributed by atoms with Gasteiger partial charge in [0.25, 0.3) is 0 Å². The van der Waals surface area contributed by atoms with Crippen molar-refractivity contribution in [2.45, 2.75) is 6.42 Å². The van der Waals surface area contributed by atoms with Crippen LogP contribution in [-0.4, -0.2) is 10.8 Å². The molecule has 0 spiro atoms. The second-order valence-electron chi connectivity index (χ2n) is 3.09. The highest BCUT2D eigenvalue weighted by atomic mass is 19.1. The van der Waals surface area contributed by atoms with Gasteiger partial charge in [-0.1, -0.05) is 0 Å². The van der Waals surface area contributed by atoms with Gasteiger partial charge in [0.05, 0.1) is 18.7 Å². The van der Waals surface area contributed by atoms with Crippen LogP contribution in [0.4, 0.5) is 4.39 Å². The highest BCUT2D eigenvalue weighted by Gasteiger charge is 2.09. The van der Waals surface area contributed by atoms with Crippen molar-refractivity contribution >= 4 is 5.78 Å². The number of aromatic nitrogens is 1. The molecule has 4 heteroatoms. The molecule has 76 valence electrons. The summed E-state index contributed by atoms with van der Waals surface area (Å²) in [5, 5.41) is 0. The average molecular weight is 205 g/mol. The van der Waals surface area contributed by atoms with Crippen molar-refractivity contribution < 1.29 is 13.6 Å². The Bertz CT molecular complexity index is 448. The molecule has 0 aliphatic carbocycles. The normalized spacial score (nSPS) is 10.2. The first-order valence-corrected chi connectivity index (χ1v) is 4.41. The van der Waals surface area contributed by atoms with Gasteiger partial charge in [0.1, 0.15) is 11.5 Å². The molecule has 2 aromatic rings. The highest BCUT2D eigenvalue weighted by molar-refractivity contribution is 5.95. The Labute approximate surface area is 85.6 Å². The lowest BCUT2D eigenvalue weighted by molar-refractivity contribution is 0.0988. The van der Waals surface area contributed by atoms with Crippen LogP contribution < -0.4 is 0 Å². The second kappa shape index (κ2) is 4.04. The molecule has 0 unspecified atom stereocenters. The van der Waals surface area contributed by atoms with Crippen molar-refractivity contribution in [3.05, 3.63) is 54.0 Å². The van der Waals surface area contributed by atoms with Crippen LogP contribution in [0.2, 0.25) is 0 Å². The Balaban J connectivity index is 2.11. The third-order valence-corrected chi connectivity index (χ3v) is 1.96. The fraction of sp³-hybridized carbons (Fsp3) is 0.0909. The topological polar surface area (TPSA) is 43.1 Å². The van der Waals surface area contributed by atoms with Gasteiger partial charge in [0.15, 0.2) is 5.78 Å². The van der Waals surface area contributed by atoms with E-state index < -0.39 is 5.82 Å². The van der Waals surface area contributed by atoms with Gasteiger partial charge in [-0.2, -0.15) is 0 Å². The van der Waals surface area contributed by atoms with Crippen LogP contribution >= 0.6 is 0 Å². The lowest BCUT2D eigenvalue weighted by atomic mass is 10.1. The fourth-order valence-corrected chi connectivity index (χ4v) is 1.21. The minimum absolute atomic E-state index is 0.156. The van der Waals surface area contributed by atoms with E-state index in [0.717, 1.165) is 11.8 Å². The number of pyridine rings is 1. The number of ketones is 1. The number of carbonyl (C=O) groups is 1. The number of halogens is 1. The Morgan fingerprint density at radius 2 is 2.27 bits per heavy atom. The van der Waals surface area contributed by atoms with Crippen LogP contribution in [0.1, 0.15) is 16.1 Å². The van der Waals surface area contributed by atoms with Crippen LogP contribution in [-0.2, 0) is 6.42 Å². The van der Waals surface area contributed by atoms with Gasteiger partial charge in [0.2, 0.25) is 0 Å². The molecular weight excluding hydrogens is 197 g/mol. The molecule has 0 fully saturated rings. The highest BCUT2D eigenvalue weighted by Crippen LogP contribution is 2.06. The summed E-state index contributed by atoms with van der Waals surface area (Å²) in [6.45, 7) is 0. The minimum Gasteiger partial charge on any atom is -0.472 e. The van der Waals surface area contributed by atoms with Crippen molar-refractivity contribution in [2.24, 2.45) is 0 Å². The van der Waals surface area contributed by atoms with Crippen LogP contribution in [0.3, 0.4) is 0 Å². The Hall–Kier alpha value is -1.97. The molecule has 2 aromatic heterocycles. The van der Waals surface area contributed by atoms with Crippen molar-refractivity contribution in [3.8, 4) is 0 Å².